The van der Waals surface area contributed by atoms with E-state index in [0.717, 1.165) is 12.8 Å². The Balaban J connectivity index is 1.80. The summed E-state index contributed by atoms with van der Waals surface area (Å²) >= 11 is 0. The molecule has 0 unspecified atom stereocenters. The molecule has 0 saturated heterocycles. The molecule has 1 aliphatic carbocycles. The maximum Gasteiger partial charge on any atom is 0.335 e. The maximum absolute atomic E-state index is 11.9. The number of pyridine rings is 1. The molecule has 0 atom stereocenters. The number of aliphatic hydroxyl groups is 1. The van der Waals surface area contributed by atoms with Crippen molar-refractivity contribution in [2.75, 3.05) is 13.6 Å². The lowest BCUT2D eigenvalue weighted by Crippen LogP contribution is -2.43. The van der Waals surface area contributed by atoms with Gasteiger partial charge in [-0.15, -0.1) is 0 Å². The van der Waals surface area contributed by atoms with E-state index in [1.165, 1.54) is 18.3 Å². The molecule has 1 aromatic rings. The number of urea groups is 1. The third-order valence-corrected chi connectivity index (χ3v) is 3.57. The average molecular weight is 293 g/mol. The fourth-order valence-corrected chi connectivity index (χ4v) is 2.33. The lowest BCUT2D eigenvalue weighted by molar-refractivity contribution is 0.0325. The lowest BCUT2D eigenvalue weighted by Gasteiger charge is -2.34. The van der Waals surface area contributed by atoms with Crippen molar-refractivity contribution in [1.82, 2.24) is 15.2 Å². The van der Waals surface area contributed by atoms with E-state index < -0.39 is 5.97 Å². The van der Waals surface area contributed by atoms with Crippen molar-refractivity contribution in [3.63, 3.8) is 0 Å². The quantitative estimate of drug-likeness (QED) is 0.741. The molecule has 7 heteroatoms. The molecule has 0 aromatic carbocycles. The van der Waals surface area contributed by atoms with E-state index in [1.54, 1.807) is 11.9 Å². The minimum atomic E-state index is -1.02. The van der Waals surface area contributed by atoms with Crippen molar-refractivity contribution in [1.29, 1.82) is 0 Å². The van der Waals surface area contributed by atoms with Crippen LogP contribution in [0.2, 0.25) is 0 Å². The number of hydrogen-bond donors (Lipinski definition) is 3. The Bertz CT molecular complexity index is 529. The van der Waals surface area contributed by atoms with Crippen LogP contribution in [0.3, 0.4) is 0 Å². The number of carboxylic acid groups (broad SMARTS) is 1. The van der Waals surface area contributed by atoms with Gasteiger partial charge in [0, 0.05) is 19.8 Å². The Morgan fingerprint density at radius 3 is 2.81 bits per heavy atom. The highest BCUT2D eigenvalue weighted by molar-refractivity contribution is 5.87. The first-order valence-electron chi connectivity index (χ1n) is 6.81. The van der Waals surface area contributed by atoms with Gasteiger partial charge in [-0.1, -0.05) is 0 Å². The molecule has 1 fully saturated rings. The average Bonchev–Trinajstić information content (AvgIpc) is 2.43. The van der Waals surface area contributed by atoms with Crippen molar-refractivity contribution in [3.05, 3.63) is 29.6 Å². The number of nitrogens with zero attached hydrogens (tertiary/aromatic N) is 2. The Kier molecular flexibility index (Phi) is 4.74. The van der Waals surface area contributed by atoms with Gasteiger partial charge in [0.1, 0.15) is 0 Å². The van der Waals surface area contributed by atoms with E-state index in [0.29, 0.717) is 18.2 Å². The number of rotatable bonds is 5. The molecule has 0 bridgehead atoms. The second kappa shape index (κ2) is 6.53. The number of hydrogen-bond acceptors (Lipinski definition) is 4. The number of aliphatic hydroxyl groups excluding tert-OH is 1. The molecular weight excluding hydrogens is 274 g/mol. The molecule has 0 aliphatic heterocycles. The lowest BCUT2D eigenvalue weighted by atomic mass is 9.82. The number of carboxylic acids is 1. The van der Waals surface area contributed by atoms with Crippen LogP contribution in [0.1, 0.15) is 28.9 Å². The summed E-state index contributed by atoms with van der Waals surface area (Å²) in [6.07, 6.45) is 2.65. The predicted octanol–water partition coefficient (Wildman–Crippen LogP) is 0.692. The minimum absolute atomic E-state index is 0.144. The van der Waals surface area contributed by atoms with Gasteiger partial charge in [-0.2, -0.15) is 0 Å². The van der Waals surface area contributed by atoms with Crippen LogP contribution in [-0.4, -0.2) is 51.8 Å². The first kappa shape index (κ1) is 15.2. The summed E-state index contributed by atoms with van der Waals surface area (Å²) in [4.78, 5) is 28.3. The smallest absolute Gasteiger partial charge is 0.335 e. The molecule has 0 spiro atoms. The van der Waals surface area contributed by atoms with Crippen LogP contribution in [0.25, 0.3) is 0 Å². The van der Waals surface area contributed by atoms with Crippen LogP contribution in [0.15, 0.2) is 18.3 Å². The number of carbonyl (C=O) groups excluding carboxylic acids is 1. The van der Waals surface area contributed by atoms with Crippen LogP contribution in [0.5, 0.6) is 0 Å². The van der Waals surface area contributed by atoms with Crippen molar-refractivity contribution in [2.45, 2.75) is 25.5 Å². The molecule has 7 nitrogen and oxygen atoms in total. The summed E-state index contributed by atoms with van der Waals surface area (Å²) < 4.78 is 0. The van der Waals surface area contributed by atoms with Gasteiger partial charge in [0.25, 0.3) is 0 Å². The highest BCUT2D eigenvalue weighted by Gasteiger charge is 2.28. The number of nitrogens with one attached hydrogen (secondary N) is 1. The molecule has 21 heavy (non-hydrogen) atoms. The standard InChI is InChI=1S/C14H19N3O4/c1-17(8-9-4-12(18)5-9)14(21)16-7-11-6-10(13(19)20)2-3-15-11/h2-3,6,9,12,18H,4-5,7-8H2,1H3,(H,16,21)(H,19,20). The Labute approximate surface area is 122 Å². The summed E-state index contributed by atoms with van der Waals surface area (Å²) in [5, 5.41) is 20.8. The molecule has 0 radical (unpaired) electrons. The largest absolute Gasteiger partial charge is 0.478 e. The highest BCUT2D eigenvalue weighted by Crippen LogP contribution is 2.27. The van der Waals surface area contributed by atoms with Gasteiger partial charge in [0.05, 0.1) is 23.9 Å². The molecule has 1 heterocycles. The van der Waals surface area contributed by atoms with Gasteiger partial charge in [-0.25, -0.2) is 9.59 Å². The van der Waals surface area contributed by atoms with E-state index in [-0.39, 0.29) is 24.2 Å². The Morgan fingerprint density at radius 1 is 1.48 bits per heavy atom. The maximum atomic E-state index is 11.9. The number of amides is 2. The Hall–Kier alpha value is -2.15. The van der Waals surface area contributed by atoms with Gasteiger partial charge in [0.15, 0.2) is 0 Å². The first-order chi connectivity index (χ1) is 9.95. The molecule has 1 aliphatic rings. The van der Waals surface area contributed by atoms with Gasteiger partial charge in [-0.3, -0.25) is 4.98 Å². The van der Waals surface area contributed by atoms with Crippen LogP contribution < -0.4 is 5.32 Å². The van der Waals surface area contributed by atoms with E-state index >= 15 is 0 Å². The first-order valence-corrected chi connectivity index (χ1v) is 6.81. The summed E-state index contributed by atoms with van der Waals surface area (Å²) in [6, 6.07) is 2.60. The zero-order valence-electron chi connectivity index (χ0n) is 11.8. The second-order valence-electron chi connectivity index (χ2n) is 5.37. The summed E-state index contributed by atoms with van der Waals surface area (Å²) in [5.74, 6) is -0.671. The number of aromatic nitrogens is 1. The van der Waals surface area contributed by atoms with Crippen molar-refractivity contribution in [3.8, 4) is 0 Å². The van der Waals surface area contributed by atoms with Crippen LogP contribution in [0.4, 0.5) is 4.79 Å². The molecule has 2 rings (SSSR count). The molecular formula is C14H19N3O4. The molecule has 114 valence electrons. The van der Waals surface area contributed by atoms with Crippen molar-refractivity contribution < 1.29 is 19.8 Å². The van der Waals surface area contributed by atoms with Gasteiger partial charge < -0.3 is 20.4 Å². The van der Waals surface area contributed by atoms with Crippen molar-refractivity contribution >= 4 is 12.0 Å². The molecule has 1 saturated carbocycles. The number of aromatic carboxylic acids is 1. The van der Waals surface area contributed by atoms with Crippen molar-refractivity contribution in [2.24, 2.45) is 5.92 Å². The van der Waals surface area contributed by atoms with Gasteiger partial charge in [0.2, 0.25) is 0 Å². The molecule has 2 amide bonds. The van der Waals surface area contributed by atoms with E-state index in [1.807, 2.05) is 0 Å². The molecule has 1 aromatic heterocycles. The normalized spacial score (nSPS) is 20.5. The topological polar surface area (TPSA) is 103 Å². The van der Waals surface area contributed by atoms with Gasteiger partial charge in [-0.05, 0) is 30.9 Å². The van der Waals surface area contributed by atoms with Crippen LogP contribution in [0, 0.1) is 5.92 Å². The third-order valence-electron chi connectivity index (χ3n) is 3.57. The third kappa shape index (κ3) is 4.16. The van der Waals surface area contributed by atoms with Gasteiger partial charge >= 0.3 is 12.0 Å². The van der Waals surface area contributed by atoms with E-state index in [4.69, 9.17) is 5.11 Å². The van der Waals surface area contributed by atoms with Crippen LogP contribution >= 0.6 is 0 Å². The number of carbonyl (C=O) groups is 2. The summed E-state index contributed by atoms with van der Waals surface area (Å²) in [5.41, 5.74) is 0.641. The second-order valence-corrected chi connectivity index (χ2v) is 5.37. The monoisotopic (exact) mass is 293 g/mol. The zero-order chi connectivity index (χ0) is 15.4. The SMILES string of the molecule is CN(CC1CC(O)C1)C(=O)NCc1cc(C(=O)O)ccn1. The zero-order valence-corrected chi connectivity index (χ0v) is 11.8. The fraction of sp³-hybridized carbons (Fsp3) is 0.500. The summed E-state index contributed by atoms with van der Waals surface area (Å²) in [7, 11) is 1.70. The molecule has 3 N–H and O–H groups in total. The highest BCUT2D eigenvalue weighted by atomic mass is 16.4. The minimum Gasteiger partial charge on any atom is -0.478 e. The van der Waals surface area contributed by atoms with Crippen LogP contribution in [-0.2, 0) is 6.54 Å². The predicted molar refractivity (Wildman–Crippen MR) is 74.8 cm³/mol. The van der Waals surface area contributed by atoms with E-state index in [2.05, 4.69) is 10.3 Å². The fourth-order valence-electron chi connectivity index (χ4n) is 2.33. The van der Waals surface area contributed by atoms with E-state index in [9.17, 15) is 14.7 Å². The Morgan fingerprint density at radius 2 is 2.19 bits per heavy atom. The summed E-state index contributed by atoms with van der Waals surface area (Å²) in [6.45, 7) is 0.781.